The van der Waals surface area contributed by atoms with Crippen LogP contribution in [0.25, 0.3) is 22.5 Å². The van der Waals surface area contributed by atoms with Gasteiger partial charge in [-0.3, -0.25) is 10.1 Å². The van der Waals surface area contributed by atoms with Crippen molar-refractivity contribution < 1.29 is 10.0 Å². The average molecular weight is 283 g/mol. The van der Waals surface area contributed by atoms with Crippen molar-refractivity contribution in [2.75, 3.05) is 0 Å². The molecule has 0 amide bonds. The van der Waals surface area contributed by atoms with E-state index in [1.54, 1.807) is 30.3 Å². The van der Waals surface area contributed by atoms with E-state index in [9.17, 15) is 15.2 Å². The zero-order valence-corrected chi connectivity index (χ0v) is 10.6. The van der Waals surface area contributed by atoms with Crippen molar-refractivity contribution in [2.45, 2.75) is 0 Å². The number of benzene rings is 2. The largest absolute Gasteiger partial charge is 0.502 e. The molecular weight excluding hydrogens is 274 g/mol. The molecule has 8 nitrogen and oxygen atoms in total. The molecule has 0 atom stereocenters. The predicted molar refractivity (Wildman–Crippen MR) is 73.4 cm³/mol. The molecule has 0 aliphatic heterocycles. The van der Waals surface area contributed by atoms with Crippen molar-refractivity contribution in [3.05, 3.63) is 52.6 Å². The minimum atomic E-state index is -0.623. The monoisotopic (exact) mass is 283 g/mol. The van der Waals surface area contributed by atoms with Gasteiger partial charge in [0.25, 0.3) is 0 Å². The van der Waals surface area contributed by atoms with Gasteiger partial charge in [-0.25, -0.2) is 0 Å². The van der Waals surface area contributed by atoms with Crippen LogP contribution in [0.4, 0.5) is 5.69 Å². The second-order valence-corrected chi connectivity index (χ2v) is 4.25. The number of aromatic nitrogens is 4. The van der Waals surface area contributed by atoms with Crippen LogP contribution >= 0.6 is 0 Å². The average Bonchev–Trinajstić information content (AvgIpc) is 3.01. The number of aromatic amines is 1. The molecular formula is C13H9N5O3. The van der Waals surface area contributed by atoms with Crippen molar-refractivity contribution in [1.82, 2.24) is 20.6 Å². The van der Waals surface area contributed by atoms with Crippen LogP contribution in [0.1, 0.15) is 0 Å². The topological polar surface area (TPSA) is 118 Å². The van der Waals surface area contributed by atoms with Crippen LogP contribution in [0.15, 0.2) is 42.5 Å². The van der Waals surface area contributed by atoms with Crippen molar-refractivity contribution in [3.63, 3.8) is 0 Å². The van der Waals surface area contributed by atoms with Crippen LogP contribution in [0.2, 0.25) is 0 Å². The van der Waals surface area contributed by atoms with Crippen LogP contribution in [0, 0.1) is 10.1 Å². The molecule has 1 heterocycles. The second-order valence-electron chi connectivity index (χ2n) is 4.25. The van der Waals surface area contributed by atoms with Crippen LogP contribution in [-0.4, -0.2) is 30.7 Å². The van der Waals surface area contributed by atoms with E-state index >= 15 is 0 Å². The van der Waals surface area contributed by atoms with Gasteiger partial charge in [0.1, 0.15) is 0 Å². The maximum absolute atomic E-state index is 10.9. The number of tetrazole rings is 1. The standard InChI is InChI=1S/C13H9N5O3/c19-12-10(5-2-6-11(12)18(20)21)8-3-1-4-9(7-8)13-14-16-17-15-13/h1-7,19H,(H,14,15,16,17). The summed E-state index contributed by atoms with van der Waals surface area (Å²) in [6, 6.07) is 11.4. The second kappa shape index (κ2) is 5.00. The fraction of sp³-hybridized carbons (Fsp3) is 0. The third-order valence-corrected chi connectivity index (χ3v) is 2.99. The molecule has 0 spiro atoms. The van der Waals surface area contributed by atoms with Gasteiger partial charge in [0, 0.05) is 17.2 Å². The number of nitro groups is 1. The number of hydrogen-bond donors (Lipinski definition) is 2. The summed E-state index contributed by atoms with van der Waals surface area (Å²) >= 11 is 0. The number of para-hydroxylation sites is 1. The molecule has 21 heavy (non-hydrogen) atoms. The molecule has 0 aliphatic rings. The van der Waals surface area contributed by atoms with Gasteiger partial charge in [0.2, 0.25) is 11.6 Å². The highest BCUT2D eigenvalue weighted by Crippen LogP contribution is 2.37. The van der Waals surface area contributed by atoms with Gasteiger partial charge in [0.05, 0.1) is 4.92 Å². The molecule has 2 N–H and O–H groups in total. The molecule has 0 bridgehead atoms. The van der Waals surface area contributed by atoms with E-state index in [0.29, 0.717) is 22.5 Å². The number of aromatic hydroxyl groups is 1. The summed E-state index contributed by atoms with van der Waals surface area (Å²) in [5.41, 5.74) is 1.35. The summed E-state index contributed by atoms with van der Waals surface area (Å²) in [4.78, 5) is 10.2. The minimum absolute atomic E-state index is 0.336. The Hall–Kier alpha value is -3.29. The lowest BCUT2D eigenvalue weighted by Gasteiger charge is -2.06. The molecule has 8 heteroatoms. The first-order chi connectivity index (χ1) is 10.2. The molecule has 0 fully saturated rings. The van der Waals surface area contributed by atoms with Crippen molar-refractivity contribution in [3.8, 4) is 28.3 Å². The van der Waals surface area contributed by atoms with Crippen LogP contribution in [0.3, 0.4) is 0 Å². The summed E-state index contributed by atoms with van der Waals surface area (Å²) in [7, 11) is 0. The number of nitro benzene ring substituents is 1. The lowest BCUT2D eigenvalue weighted by molar-refractivity contribution is -0.385. The highest BCUT2D eigenvalue weighted by Gasteiger charge is 2.17. The van der Waals surface area contributed by atoms with Gasteiger partial charge in [0.15, 0.2) is 0 Å². The highest BCUT2D eigenvalue weighted by molar-refractivity contribution is 5.77. The van der Waals surface area contributed by atoms with E-state index < -0.39 is 4.92 Å². The fourth-order valence-corrected chi connectivity index (χ4v) is 2.02. The van der Waals surface area contributed by atoms with Gasteiger partial charge in [-0.05, 0) is 16.8 Å². The number of phenols is 1. The van der Waals surface area contributed by atoms with Crippen molar-refractivity contribution >= 4 is 5.69 Å². The van der Waals surface area contributed by atoms with Gasteiger partial charge in [-0.15, -0.1) is 10.2 Å². The molecule has 0 radical (unpaired) electrons. The Morgan fingerprint density at radius 2 is 1.90 bits per heavy atom. The number of H-pyrrole nitrogens is 1. The van der Waals surface area contributed by atoms with Gasteiger partial charge in [-0.2, -0.15) is 5.21 Å². The number of phenolic OH excluding ortho intramolecular Hbond substituents is 1. The molecule has 0 saturated carbocycles. The third kappa shape index (κ3) is 2.29. The molecule has 2 aromatic carbocycles. The van der Waals surface area contributed by atoms with Crippen LogP contribution < -0.4 is 0 Å². The zero-order valence-electron chi connectivity index (χ0n) is 10.6. The third-order valence-electron chi connectivity index (χ3n) is 2.99. The predicted octanol–water partition coefficient (Wildman–Crippen LogP) is 2.15. The normalized spacial score (nSPS) is 10.5. The Labute approximate surface area is 118 Å². The fourth-order valence-electron chi connectivity index (χ4n) is 2.02. The van der Waals surface area contributed by atoms with E-state index in [4.69, 9.17) is 0 Å². The first kappa shape index (κ1) is 12.7. The first-order valence-corrected chi connectivity index (χ1v) is 5.97. The van der Waals surface area contributed by atoms with Gasteiger partial charge in [-0.1, -0.05) is 30.3 Å². The number of nitrogens with zero attached hydrogens (tertiary/aromatic N) is 4. The quantitative estimate of drug-likeness (QED) is 0.561. The smallest absolute Gasteiger partial charge is 0.311 e. The number of hydrogen-bond acceptors (Lipinski definition) is 6. The summed E-state index contributed by atoms with van der Waals surface area (Å²) < 4.78 is 0. The van der Waals surface area contributed by atoms with E-state index in [2.05, 4.69) is 20.6 Å². The van der Waals surface area contributed by atoms with Crippen LogP contribution in [0.5, 0.6) is 5.75 Å². The van der Waals surface area contributed by atoms with Crippen molar-refractivity contribution in [2.24, 2.45) is 0 Å². The lowest BCUT2D eigenvalue weighted by atomic mass is 10.0. The van der Waals surface area contributed by atoms with Crippen LogP contribution in [-0.2, 0) is 0 Å². The summed E-state index contributed by atoms with van der Waals surface area (Å²) in [5, 5.41) is 34.5. The lowest BCUT2D eigenvalue weighted by Crippen LogP contribution is -1.90. The Bertz CT molecular complexity index is 801. The Balaban J connectivity index is 2.12. The first-order valence-electron chi connectivity index (χ1n) is 5.97. The van der Waals surface area contributed by atoms with E-state index in [-0.39, 0.29) is 11.4 Å². The summed E-state index contributed by atoms with van der Waals surface area (Å²) in [5.74, 6) is 0.0366. The number of rotatable bonds is 3. The van der Waals surface area contributed by atoms with E-state index in [1.165, 1.54) is 12.1 Å². The molecule has 0 unspecified atom stereocenters. The maximum Gasteiger partial charge on any atom is 0.311 e. The molecule has 3 aromatic rings. The molecule has 104 valence electrons. The SMILES string of the molecule is O=[N+]([O-])c1cccc(-c2cccc(-c3nn[nH]n3)c2)c1O. The molecule has 3 rings (SSSR count). The van der Waals surface area contributed by atoms with Gasteiger partial charge >= 0.3 is 5.69 Å². The zero-order chi connectivity index (χ0) is 14.8. The maximum atomic E-state index is 10.9. The summed E-state index contributed by atoms with van der Waals surface area (Å²) in [6.07, 6.45) is 0. The highest BCUT2D eigenvalue weighted by atomic mass is 16.6. The molecule has 0 aliphatic carbocycles. The summed E-state index contributed by atoms with van der Waals surface area (Å²) in [6.45, 7) is 0. The van der Waals surface area contributed by atoms with Gasteiger partial charge < -0.3 is 5.11 Å². The Kier molecular flexibility index (Phi) is 3.03. The Morgan fingerprint density at radius 1 is 1.14 bits per heavy atom. The van der Waals surface area contributed by atoms with E-state index in [0.717, 1.165) is 0 Å². The van der Waals surface area contributed by atoms with Crippen molar-refractivity contribution in [1.29, 1.82) is 0 Å². The molecule has 1 aromatic heterocycles. The molecule has 0 saturated heterocycles. The minimum Gasteiger partial charge on any atom is -0.502 e. The number of nitrogens with one attached hydrogen (secondary N) is 1. The van der Waals surface area contributed by atoms with E-state index in [1.807, 2.05) is 0 Å². The Morgan fingerprint density at radius 3 is 2.62 bits per heavy atom.